The first kappa shape index (κ1) is 15.7. The molecule has 0 spiro atoms. The molecule has 0 bridgehead atoms. The first-order chi connectivity index (χ1) is 8.26. The van der Waals surface area contributed by atoms with Crippen molar-refractivity contribution < 1.29 is 8.42 Å². The zero-order valence-electron chi connectivity index (χ0n) is 11.1. The number of rotatable bonds is 6. The molecule has 5 nitrogen and oxygen atoms in total. The van der Waals surface area contributed by atoms with E-state index in [1.54, 1.807) is 18.5 Å². The molecule has 0 saturated heterocycles. The summed E-state index contributed by atoms with van der Waals surface area (Å²) in [4.78, 5) is 4.05. The summed E-state index contributed by atoms with van der Waals surface area (Å²) in [6.45, 7) is 5.90. The van der Waals surface area contributed by atoms with Crippen molar-refractivity contribution >= 4 is 26.0 Å². The Hall–Kier alpha value is -0.400. The molecule has 0 fully saturated rings. The molecule has 1 heterocycles. The monoisotopic (exact) mass is 337 g/mol. The highest BCUT2D eigenvalue weighted by Crippen LogP contribution is 2.12. The fraction of sp³-hybridized carbons (Fsp3) is 0.727. The highest BCUT2D eigenvalue weighted by molar-refractivity contribution is 9.09. The van der Waals surface area contributed by atoms with Crippen molar-refractivity contribution in [3.63, 3.8) is 0 Å². The van der Waals surface area contributed by atoms with Crippen molar-refractivity contribution in [2.24, 2.45) is 13.0 Å². The topological polar surface area (TPSA) is 64.0 Å². The van der Waals surface area contributed by atoms with Crippen LogP contribution in [0, 0.1) is 12.8 Å². The quantitative estimate of drug-likeness (QED) is 0.805. The average Bonchev–Trinajstić information content (AvgIpc) is 2.58. The van der Waals surface area contributed by atoms with Crippen LogP contribution in [0.2, 0.25) is 0 Å². The van der Waals surface area contributed by atoms with Crippen molar-refractivity contribution in [1.82, 2.24) is 14.3 Å². The maximum absolute atomic E-state index is 12.1. The third-order valence-corrected chi connectivity index (χ3v) is 4.80. The van der Waals surface area contributed by atoms with Gasteiger partial charge in [0.25, 0.3) is 10.0 Å². The van der Waals surface area contributed by atoms with Gasteiger partial charge in [-0.25, -0.2) is 18.1 Å². The number of halogens is 1. The van der Waals surface area contributed by atoms with Crippen LogP contribution in [0.3, 0.4) is 0 Å². The molecule has 0 aliphatic carbocycles. The Morgan fingerprint density at radius 2 is 2.11 bits per heavy atom. The van der Waals surface area contributed by atoms with Gasteiger partial charge >= 0.3 is 0 Å². The van der Waals surface area contributed by atoms with Crippen LogP contribution in [-0.2, 0) is 17.1 Å². The molecule has 1 aromatic heterocycles. The number of hydrogen-bond donors (Lipinski definition) is 1. The first-order valence-electron chi connectivity index (χ1n) is 5.84. The van der Waals surface area contributed by atoms with Crippen molar-refractivity contribution in [1.29, 1.82) is 0 Å². The van der Waals surface area contributed by atoms with E-state index in [-0.39, 0.29) is 11.1 Å². The van der Waals surface area contributed by atoms with Crippen molar-refractivity contribution in [3.05, 3.63) is 12.0 Å². The summed E-state index contributed by atoms with van der Waals surface area (Å²) in [5.74, 6) is 1.11. The van der Waals surface area contributed by atoms with Gasteiger partial charge in [-0.3, -0.25) is 0 Å². The van der Waals surface area contributed by atoms with Crippen LogP contribution >= 0.6 is 15.9 Å². The minimum atomic E-state index is -3.53. The lowest BCUT2D eigenvalue weighted by Crippen LogP contribution is -2.37. The molecule has 1 rings (SSSR count). The second kappa shape index (κ2) is 6.16. The molecule has 0 aromatic carbocycles. The van der Waals surface area contributed by atoms with Gasteiger partial charge in [0.05, 0.1) is 0 Å². The lowest BCUT2D eigenvalue weighted by atomic mass is 10.1. The first-order valence-corrected chi connectivity index (χ1v) is 8.45. The number of nitrogens with one attached hydrogen (secondary N) is 1. The second-order valence-corrected chi connectivity index (χ2v) is 7.15. The number of aryl methyl sites for hydroxylation is 2. The fourth-order valence-corrected chi connectivity index (χ4v) is 3.58. The Kier molecular flexibility index (Phi) is 5.36. The van der Waals surface area contributed by atoms with Gasteiger partial charge in [-0.1, -0.05) is 29.8 Å². The zero-order valence-corrected chi connectivity index (χ0v) is 13.5. The number of nitrogens with zero attached hydrogens (tertiary/aromatic N) is 2. The van der Waals surface area contributed by atoms with Gasteiger partial charge in [0.15, 0.2) is 5.03 Å². The summed E-state index contributed by atoms with van der Waals surface area (Å²) >= 11 is 3.34. The van der Waals surface area contributed by atoms with E-state index < -0.39 is 10.0 Å². The van der Waals surface area contributed by atoms with E-state index in [9.17, 15) is 8.42 Å². The molecule has 0 amide bonds. The van der Waals surface area contributed by atoms with E-state index >= 15 is 0 Å². The van der Waals surface area contributed by atoms with E-state index in [0.717, 1.165) is 6.42 Å². The molecule has 1 atom stereocenters. The Morgan fingerprint density at radius 1 is 1.50 bits per heavy atom. The average molecular weight is 338 g/mol. The van der Waals surface area contributed by atoms with Gasteiger partial charge in [-0.05, 0) is 19.3 Å². The number of imidazole rings is 1. The molecule has 1 N–H and O–H groups in total. The molecular formula is C11H20BrN3O2S. The Bertz CT molecular complexity index is 477. The SMILES string of the molecule is Cc1nc(S(=O)(=O)NC(CBr)CC(C)C)cn1C. The van der Waals surface area contributed by atoms with Crippen LogP contribution < -0.4 is 4.72 Å². The molecule has 7 heteroatoms. The summed E-state index contributed by atoms with van der Waals surface area (Å²) in [6, 6.07) is -0.114. The van der Waals surface area contributed by atoms with E-state index in [4.69, 9.17) is 0 Å². The predicted octanol–water partition coefficient (Wildman–Crippen LogP) is 1.82. The van der Waals surface area contributed by atoms with E-state index in [2.05, 4.69) is 39.5 Å². The number of alkyl halides is 1. The van der Waals surface area contributed by atoms with E-state index in [0.29, 0.717) is 17.1 Å². The van der Waals surface area contributed by atoms with Crippen molar-refractivity contribution in [3.8, 4) is 0 Å². The standard InChI is InChI=1S/C11H20BrN3O2S/c1-8(2)5-10(6-12)14-18(16,17)11-7-15(4)9(3)13-11/h7-8,10,14H,5-6H2,1-4H3. The molecule has 0 aliphatic heterocycles. The summed E-state index contributed by atoms with van der Waals surface area (Å²) in [5.41, 5.74) is 0. The molecule has 0 saturated carbocycles. The van der Waals surface area contributed by atoms with E-state index in [1.165, 1.54) is 6.20 Å². The maximum Gasteiger partial charge on any atom is 0.259 e. The highest BCUT2D eigenvalue weighted by Gasteiger charge is 2.22. The van der Waals surface area contributed by atoms with Crippen molar-refractivity contribution in [2.45, 2.75) is 38.3 Å². The Morgan fingerprint density at radius 3 is 2.50 bits per heavy atom. The highest BCUT2D eigenvalue weighted by atomic mass is 79.9. The number of aromatic nitrogens is 2. The maximum atomic E-state index is 12.1. The second-order valence-electron chi connectivity index (χ2n) is 4.84. The molecule has 1 aromatic rings. The van der Waals surface area contributed by atoms with Gasteiger partial charge in [0, 0.05) is 24.6 Å². The number of sulfonamides is 1. The molecule has 1 unspecified atom stereocenters. The predicted molar refractivity (Wildman–Crippen MR) is 75.3 cm³/mol. The molecule has 0 radical (unpaired) electrons. The normalized spacial score (nSPS) is 14.1. The van der Waals surface area contributed by atoms with Crippen LogP contribution in [0.5, 0.6) is 0 Å². The largest absolute Gasteiger partial charge is 0.337 e. The van der Waals surface area contributed by atoms with Crippen LogP contribution in [0.4, 0.5) is 0 Å². The van der Waals surface area contributed by atoms with E-state index in [1.807, 2.05) is 0 Å². The molecule has 0 aliphatic rings. The van der Waals surface area contributed by atoms with Crippen molar-refractivity contribution in [2.75, 3.05) is 5.33 Å². The molecule has 104 valence electrons. The Labute approximate surface area is 117 Å². The summed E-state index contributed by atoms with van der Waals surface area (Å²) in [7, 11) is -1.76. The Balaban J connectivity index is 2.87. The third-order valence-electron chi connectivity index (χ3n) is 2.63. The third kappa shape index (κ3) is 4.07. The summed E-state index contributed by atoms with van der Waals surface area (Å²) < 4.78 is 28.7. The summed E-state index contributed by atoms with van der Waals surface area (Å²) in [5, 5.41) is 0.674. The fourth-order valence-electron chi connectivity index (χ4n) is 1.65. The zero-order chi connectivity index (χ0) is 13.9. The smallest absolute Gasteiger partial charge is 0.259 e. The number of hydrogen-bond acceptors (Lipinski definition) is 3. The molecule has 18 heavy (non-hydrogen) atoms. The van der Waals surface area contributed by atoms with Gasteiger partial charge in [-0.15, -0.1) is 0 Å². The van der Waals surface area contributed by atoms with Gasteiger partial charge < -0.3 is 4.57 Å². The lowest BCUT2D eigenvalue weighted by Gasteiger charge is -2.17. The lowest BCUT2D eigenvalue weighted by molar-refractivity contribution is 0.487. The minimum Gasteiger partial charge on any atom is -0.337 e. The van der Waals surface area contributed by atoms with Crippen LogP contribution in [0.15, 0.2) is 11.2 Å². The van der Waals surface area contributed by atoms with Crippen LogP contribution in [-0.4, -0.2) is 29.3 Å². The van der Waals surface area contributed by atoms with Crippen LogP contribution in [0.1, 0.15) is 26.1 Å². The van der Waals surface area contributed by atoms with Gasteiger partial charge in [-0.2, -0.15) is 0 Å². The van der Waals surface area contributed by atoms with Gasteiger partial charge in [0.2, 0.25) is 0 Å². The van der Waals surface area contributed by atoms with Crippen LogP contribution in [0.25, 0.3) is 0 Å². The molecular weight excluding hydrogens is 318 g/mol. The summed E-state index contributed by atoms with van der Waals surface area (Å²) in [6.07, 6.45) is 2.31. The minimum absolute atomic E-state index is 0.0807. The van der Waals surface area contributed by atoms with Gasteiger partial charge in [0.1, 0.15) is 5.82 Å².